The molecule has 0 aliphatic rings. The Kier molecular flexibility index (Phi) is 4.19. The van der Waals surface area contributed by atoms with Crippen molar-refractivity contribution in [3.05, 3.63) is 0 Å². The van der Waals surface area contributed by atoms with E-state index in [0.29, 0.717) is 0 Å². The number of amides is 1. The summed E-state index contributed by atoms with van der Waals surface area (Å²) >= 11 is 5.36. The maximum absolute atomic E-state index is 10.8. The van der Waals surface area contributed by atoms with Gasteiger partial charge in [0.05, 0.1) is 12.1 Å². The summed E-state index contributed by atoms with van der Waals surface area (Å²) in [5.74, 6) is 0. The lowest BCUT2D eigenvalue weighted by Gasteiger charge is -2.15. The van der Waals surface area contributed by atoms with Crippen LogP contribution in [0.2, 0.25) is 0 Å². The molecule has 1 amide bonds. The molecule has 3 nitrogen and oxygen atoms in total. The number of rotatable bonds is 2. The van der Waals surface area contributed by atoms with E-state index >= 15 is 0 Å². The van der Waals surface area contributed by atoms with E-state index in [4.69, 9.17) is 16.3 Å². The van der Waals surface area contributed by atoms with Crippen LogP contribution in [-0.4, -0.2) is 30.1 Å². The van der Waals surface area contributed by atoms with Crippen molar-refractivity contribution in [2.24, 2.45) is 0 Å². The van der Waals surface area contributed by atoms with Gasteiger partial charge in [0.15, 0.2) is 0 Å². The number of hydrogen-bond acceptors (Lipinski definition) is 2. The van der Waals surface area contributed by atoms with Crippen molar-refractivity contribution in [1.29, 1.82) is 0 Å². The van der Waals surface area contributed by atoms with E-state index in [1.54, 1.807) is 20.9 Å². The standard InChI is InChI=1S/C6H12ClNO2/c1-5(2)10-6(9)8(3)4-7/h5H,4H2,1-3H3. The molecule has 0 aromatic carbocycles. The Morgan fingerprint density at radius 2 is 2.20 bits per heavy atom. The fraction of sp³-hybridized carbons (Fsp3) is 0.833. The van der Waals surface area contributed by atoms with Gasteiger partial charge in [-0.3, -0.25) is 4.90 Å². The molecule has 0 atom stereocenters. The Hall–Kier alpha value is -0.440. The van der Waals surface area contributed by atoms with Gasteiger partial charge in [-0.25, -0.2) is 4.79 Å². The highest BCUT2D eigenvalue weighted by Gasteiger charge is 2.08. The molecule has 0 aromatic rings. The number of carbonyl (C=O) groups is 1. The van der Waals surface area contributed by atoms with E-state index in [2.05, 4.69) is 0 Å². The highest BCUT2D eigenvalue weighted by molar-refractivity contribution is 6.18. The highest BCUT2D eigenvalue weighted by atomic mass is 35.5. The lowest BCUT2D eigenvalue weighted by atomic mass is 10.5. The van der Waals surface area contributed by atoms with Crippen LogP contribution >= 0.6 is 11.6 Å². The molecule has 0 bridgehead atoms. The Bertz CT molecular complexity index is 116. The van der Waals surface area contributed by atoms with Gasteiger partial charge in [0.2, 0.25) is 0 Å². The molecule has 60 valence electrons. The summed E-state index contributed by atoms with van der Waals surface area (Å²) in [7, 11) is 1.58. The summed E-state index contributed by atoms with van der Waals surface area (Å²) in [5, 5.41) is 0. The van der Waals surface area contributed by atoms with Crippen molar-refractivity contribution in [2.45, 2.75) is 20.0 Å². The molecule has 0 saturated heterocycles. The van der Waals surface area contributed by atoms with Crippen LogP contribution in [0.3, 0.4) is 0 Å². The molecule has 0 rings (SSSR count). The number of carbonyl (C=O) groups excluding carboxylic acids is 1. The molecular formula is C6H12ClNO2. The van der Waals surface area contributed by atoms with Gasteiger partial charge in [-0.05, 0) is 13.8 Å². The van der Waals surface area contributed by atoms with Gasteiger partial charge in [0.25, 0.3) is 0 Å². The summed E-state index contributed by atoms with van der Waals surface area (Å²) in [4.78, 5) is 12.1. The van der Waals surface area contributed by atoms with Crippen molar-refractivity contribution >= 4 is 17.7 Å². The molecule has 0 spiro atoms. The first kappa shape index (κ1) is 9.56. The average Bonchev–Trinajstić information content (AvgIpc) is 1.85. The number of alkyl halides is 1. The van der Waals surface area contributed by atoms with Crippen molar-refractivity contribution in [2.75, 3.05) is 13.1 Å². The van der Waals surface area contributed by atoms with Gasteiger partial charge in [-0.2, -0.15) is 0 Å². The third-order valence-corrected chi connectivity index (χ3v) is 1.19. The number of nitrogens with zero attached hydrogens (tertiary/aromatic N) is 1. The zero-order chi connectivity index (χ0) is 8.15. The van der Waals surface area contributed by atoms with Gasteiger partial charge in [-0.15, -0.1) is 11.6 Å². The largest absolute Gasteiger partial charge is 0.447 e. The Labute approximate surface area is 65.9 Å². The molecule has 0 aliphatic carbocycles. The Balaban J connectivity index is 3.62. The topological polar surface area (TPSA) is 29.5 Å². The zero-order valence-corrected chi connectivity index (χ0v) is 7.18. The van der Waals surface area contributed by atoms with Gasteiger partial charge in [0, 0.05) is 7.05 Å². The predicted molar refractivity (Wildman–Crippen MR) is 40.1 cm³/mol. The van der Waals surface area contributed by atoms with Crippen LogP contribution in [0.15, 0.2) is 0 Å². The van der Waals surface area contributed by atoms with E-state index in [0.717, 1.165) is 0 Å². The van der Waals surface area contributed by atoms with E-state index < -0.39 is 0 Å². The minimum atomic E-state index is -0.384. The predicted octanol–water partition coefficient (Wildman–Crippen LogP) is 1.66. The third-order valence-electron chi connectivity index (χ3n) is 0.827. The number of hydrogen-bond donors (Lipinski definition) is 0. The van der Waals surface area contributed by atoms with Crippen LogP contribution in [-0.2, 0) is 4.74 Å². The van der Waals surface area contributed by atoms with Crippen molar-refractivity contribution < 1.29 is 9.53 Å². The second kappa shape index (κ2) is 4.39. The summed E-state index contributed by atoms with van der Waals surface area (Å²) in [5.41, 5.74) is 0. The number of halogens is 1. The first-order valence-electron chi connectivity index (χ1n) is 3.05. The summed E-state index contributed by atoms with van der Waals surface area (Å²) < 4.78 is 4.81. The highest BCUT2D eigenvalue weighted by Crippen LogP contribution is 1.95. The quantitative estimate of drug-likeness (QED) is 0.460. The molecule has 0 heterocycles. The zero-order valence-electron chi connectivity index (χ0n) is 6.43. The normalized spacial score (nSPS) is 9.70. The molecule has 0 radical (unpaired) electrons. The molecule has 0 N–H and O–H groups in total. The van der Waals surface area contributed by atoms with Crippen LogP contribution in [0.1, 0.15) is 13.8 Å². The first-order chi connectivity index (χ1) is 4.57. The fourth-order valence-electron chi connectivity index (χ4n) is 0.340. The van der Waals surface area contributed by atoms with Crippen molar-refractivity contribution in [3.63, 3.8) is 0 Å². The van der Waals surface area contributed by atoms with Crippen molar-refractivity contribution in [3.8, 4) is 0 Å². The summed E-state index contributed by atoms with van der Waals surface area (Å²) in [6.45, 7) is 3.58. The molecule has 4 heteroatoms. The van der Waals surface area contributed by atoms with Gasteiger partial charge in [0.1, 0.15) is 0 Å². The fourth-order valence-corrected chi connectivity index (χ4v) is 0.438. The first-order valence-corrected chi connectivity index (χ1v) is 3.59. The molecule has 0 aliphatic heterocycles. The van der Waals surface area contributed by atoms with E-state index in [1.807, 2.05) is 0 Å². The summed E-state index contributed by atoms with van der Waals surface area (Å²) in [6.07, 6.45) is -0.469. The van der Waals surface area contributed by atoms with Gasteiger partial charge in [-0.1, -0.05) is 0 Å². The lowest BCUT2D eigenvalue weighted by Crippen LogP contribution is -2.28. The Morgan fingerprint density at radius 1 is 1.70 bits per heavy atom. The van der Waals surface area contributed by atoms with E-state index in [1.165, 1.54) is 4.90 Å². The Morgan fingerprint density at radius 3 is 2.50 bits per heavy atom. The molecule has 0 unspecified atom stereocenters. The van der Waals surface area contributed by atoms with Crippen LogP contribution in [0, 0.1) is 0 Å². The molecule has 10 heavy (non-hydrogen) atoms. The smallest absolute Gasteiger partial charge is 0.410 e. The second-order valence-electron chi connectivity index (χ2n) is 2.25. The maximum atomic E-state index is 10.8. The summed E-state index contributed by atoms with van der Waals surface area (Å²) in [6, 6.07) is 0.158. The minimum absolute atomic E-state index is 0.0850. The average molecular weight is 166 g/mol. The molecule has 0 saturated carbocycles. The van der Waals surface area contributed by atoms with Crippen LogP contribution in [0.25, 0.3) is 0 Å². The minimum Gasteiger partial charge on any atom is -0.447 e. The molecule has 0 fully saturated rings. The molecule has 0 aromatic heterocycles. The lowest BCUT2D eigenvalue weighted by molar-refractivity contribution is 0.0886. The van der Waals surface area contributed by atoms with Gasteiger partial charge >= 0.3 is 6.09 Å². The third kappa shape index (κ3) is 3.56. The van der Waals surface area contributed by atoms with E-state index in [9.17, 15) is 4.79 Å². The monoisotopic (exact) mass is 165 g/mol. The SMILES string of the molecule is CC(C)OC(=O)N(C)CCl. The maximum Gasteiger partial charge on any atom is 0.410 e. The van der Waals surface area contributed by atoms with Gasteiger partial charge < -0.3 is 4.74 Å². The van der Waals surface area contributed by atoms with Crippen LogP contribution in [0.4, 0.5) is 4.79 Å². The van der Waals surface area contributed by atoms with Crippen molar-refractivity contribution in [1.82, 2.24) is 4.90 Å². The van der Waals surface area contributed by atoms with E-state index in [-0.39, 0.29) is 18.2 Å². The number of ether oxygens (including phenoxy) is 1. The van der Waals surface area contributed by atoms with Crippen LogP contribution < -0.4 is 0 Å². The molecular weight excluding hydrogens is 154 g/mol. The van der Waals surface area contributed by atoms with Crippen LogP contribution in [0.5, 0.6) is 0 Å². The second-order valence-corrected chi connectivity index (χ2v) is 2.49.